The molecule has 0 aliphatic rings. The quantitative estimate of drug-likeness (QED) is 0.635. The Morgan fingerprint density at radius 1 is 1.08 bits per heavy atom. The standard InChI is InChI=1S/C7H3F5O/c8-3-1-4(7(10,11)12)6(9)5(13)2-3/h1-2,13H. The van der Waals surface area contributed by atoms with Crippen LogP contribution in [0.15, 0.2) is 12.1 Å². The Labute approximate surface area is 69.4 Å². The third-order valence-electron chi connectivity index (χ3n) is 1.32. The van der Waals surface area contributed by atoms with Crippen molar-refractivity contribution in [2.24, 2.45) is 0 Å². The number of phenolic OH excluding ortho intramolecular Hbond substituents is 1. The highest BCUT2D eigenvalue weighted by Gasteiger charge is 2.35. The SMILES string of the molecule is Oc1cc(F)cc(C(F)(F)F)c1F. The summed E-state index contributed by atoms with van der Waals surface area (Å²) in [7, 11) is 0. The topological polar surface area (TPSA) is 20.2 Å². The zero-order chi connectivity index (χ0) is 10.2. The predicted octanol–water partition coefficient (Wildman–Crippen LogP) is 2.69. The lowest BCUT2D eigenvalue weighted by atomic mass is 10.2. The van der Waals surface area contributed by atoms with Gasteiger partial charge in [-0.3, -0.25) is 0 Å². The van der Waals surface area contributed by atoms with E-state index in [0.717, 1.165) is 0 Å². The Balaban J connectivity index is 3.37. The molecule has 0 amide bonds. The van der Waals surface area contributed by atoms with E-state index in [0.29, 0.717) is 0 Å². The number of rotatable bonds is 0. The van der Waals surface area contributed by atoms with Crippen molar-refractivity contribution in [2.75, 3.05) is 0 Å². The lowest BCUT2D eigenvalue weighted by Crippen LogP contribution is -2.08. The van der Waals surface area contributed by atoms with Crippen LogP contribution in [0.5, 0.6) is 5.75 Å². The van der Waals surface area contributed by atoms with Crippen molar-refractivity contribution >= 4 is 0 Å². The molecular weight excluding hydrogens is 195 g/mol. The third kappa shape index (κ3) is 1.88. The molecule has 1 N–H and O–H groups in total. The largest absolute Gasteiger partial charge is 0.505 e. The second-order valence-corrected chi connectivity index (χ2v) is 2.28. The molecule has 6 heteroatoms. The summed E-state index contributed by atoms with van der Waals surface area (Å²) >= 11 is 0. The fourth-order valence-corrected chi connectivity index (χ4v) is 0.781. The molecule has 0 aromatic heterocycles. The van der Waals surface area contributed by atoms with Crippen LogP contribution >= 0.6 is 0 Å². The number of halogens is 5. The first-order valence-corrected chi connectivity index (χ1v) is 3.07. The minimum absolute atomic E-state index is 0.0188. The molecule has 0 radical (unpaired) electrons. The normalized spacial score (nSPS) is 11.8. The van der Waals surface area contributed by atoms with Crippen LogP contribution in [-0.2, 0) is 6.18 Å². The second kappa shape index (κ2) is 2.86. The molecule has 1 rings (SSSR count). The van der Waals surface area contributed by atoms with E-state index in [-0.39, 0.29) is 12.1 Å². The van der Waals surface area contributed by atoms with Gasteiger partial charge in [-0.15, -0.1) is 0 Å². The number of phenols is 1. The van der Waals surface area contributed by atoms with E-state index in [1.807, 2.05) is 0 Å². The minimum Gasteiger partial charge on any atom is -0.505 e. The summed E-state index contributed by atoms with van der Waals surface area (Å²) < 4.78 is 60.5. The Kier molecular flexibility index (Phi) is 2.15. The van der Waals surface area contributed by atoms with Gasteiger partial charge in [0.15, 0.2) is 11.6 Å². The van der Waals surface area contributed by atoms with Crippen LogP contribution in [0.1, 0.15) is 5.56 Å². The summed E-state index contributed by atoms with van der Waals surface area (Å²) in [6.07, 6.45) is -5.01. The molecule has 0 saturated carbocycles. The van der Waals surface area contributed by atoms with Gasteiger partial charge in [0, 0.05) is 6.07 Å². The van der Waals surface area contributed by atoms with Crippen LogP contribution in [0.2, 0.25) is 0 Å². The molecule has 0 aliphatic heterocycles. The number of hydrogen-bond acceptors (Lipinski definition) is 1. The Hall–Kier alpha value is -1.33. The molecule has 0 atom stereocenters. The van der Waals surface area contributed by atoms with Gasteiger partial charge in [-0.1, -0.05) is 0 Å². The first kappa shape index (κ1) is 9.76. The minimum atomic E-state index is -5.01. The highest BCUT2D eigenvalue weighted by Crippen LogP contribution is 2.34. The van der Waals surface area contributed by atoms with Gasteiger partial charge in [0.25, 0.3) is 0 Å². The monoisotopic (exact) mass is 198 g/mol. The molecule has 0 unspecified atom stereocenters. The molecule has 0 aliphatic carbocycles. The Morgan fingerprint density at radius 3 is 2.08 bits per heavy atom. The molecule has 13 heavy (non-hydrogen) atoms. The Bertz CT molecular complexity index is 330. The zero-order valence-corrected chi connectivity index (χ0v) is 5.99. The van der Waals surface area contributed by atoms with Crippen LogP contribution < -0.4 is 0 Å². The number of benzene rings is 1. The summed E-state index contributed by atoms with van der Waals surface area (Å²) in [6.45, 7) is 0. The molecular formula is C7H3F5O. The average molecular weight is 198 g/mol. The van der Waals surface area contributed by atoms with E-state index in [1.165, 1.54) is 0 Å². The molecule has 0 spiro atoms. The fraction of sp³-hybridized carbons (Fsp3) is 0.143. The van der Waals surface area contributed by atoms with E-state index in [9.17, 15) is 22.0 Å². The van der Waals surface area contributed by atoms with Gasteiger partial charge in [-0.05, 0) is 6.07 Å². The van der Waals surface area contributed by atoms with Crippen LogP contribution in [0.4, 0.5) is 22.0 Å². The predicted molar refractivity (Wildman–Crippen MR) is 33.0 cm³/mol. The summed E-state index contributed by atoms with van der Waals surface area (Å²) in [4.78, 5) is 0. The zero-order valence-electron chi connectivity index (χ0n) is 5.99. The van der Waals surface area contributed by atoms with E-state index in [2.05, 4.69) is 0 Å². The van der Waals surface area contributed by atoms with Gasteiger partial charge in [-0.2, -0.15) is 13.2 Å². The van der Waals surface area contributed by atoms with Gasteiger partial charge in [0.05, 0.1) is 5.56 Å². The fourth-order valence-electron chi connectivity index (χ4n) is 0.781. The first-order valence-electron chi connectivity index (χ1n) is 3.07. The average Bonchev–Trinajstić information content (AvgIpc) is 1.94. The van der Waals surface area contributed by atoms with Crippen molar-refractivity contribution in [2.45, 2.75) is 6.18 Å². The first-order chi connectivity index (χ1) is 5.82. The maximum absolute atomic E-state index is 12.5. The van der Waals surface area contributed by atoms with Gasteiger partial charge in [-0.25, -0.2) is 8.78 Å². The summed E-state index contributed by atoms with van der Waals surface area (Å²) in [6, 6.07) is 0.250. The van der Waals surface area contributed by atoms with Gasteiger partial charge in [0.1, 0.15) is 5.82 Å². The Morgan fingerprint density at radius 2 is 1.62 bits per heavy atom. The third-order valence-corrected chi connectivity index (χ3v) is 1.32. The molecule has 1 aromatic carbocycles. The summed E-state index contributed by atoms with van der Waals surface area (Å²) in [5.41, 5.74) is -1.81. The van der Waals surface area contributed by atoms with Crippen LogP contribution in [0.3, 0.4) is 0 Å². The van der Waals surface area contributed by atoms with Crippen molar-refractivity contribution in [3.8, 4) is 5.75 Å². The lowest BCUT2D eigenvalue weighted by Gasteiger charge is -2.08. The second-order valence-electron chi connectivity index (χ2n) is 2.28. The van der Waals surface area contributed by atoms with Crippen LogP contribution in [0.25, 0.3) is 0 Å². The molecule has 1 aromatic rings. The lowest BCUT2D eigenvalue weighted by molar-refractivity contribution is -0.140. The van der Waals surface area contributed by atoms with Crippen molar-refractivity contribution in [3.05, 3.63) is 29.3 Å². The number of hydrogen-bond donors (Lipinski definition) is 1. The van der Waals surface area contributed by atoms with E-state index in [4.69, 9.17) is 5.11 Å². The highest BCUT2D eigenvalue weighted by molar-refractivity contribution is 5.32. The maximum Gasteiger partial charge on any atom is 0.419 e. The van der Waals surface area contributed by atoms with Crippen molar-refractivity contribution in [3.63, 3.8) is 0 Å². The number of aromatic hydroxyl groups is 1. The van der Waals surface area contributed by atoms with E-state index in [1.54, 1.807) is 0 Å². The molecule has 0 fully saturated rings. The molecule has 0 heterocycles. The molecule has 0 bridgehead atoms. The molecule has 72 valence electrons. The van der Waals surface area contributed by atoms with Crippen molar-refractivity contribution in [1.29, 1.82) is 0 Å². The van der Waals surface area contributed by atoms with E-state index < -0.39 is 29.1 Å². The molecule has 1 nitrogen and oxygen atoms in total. The molecule has 0 saturated heterocycles. The smallest absolute Gasteiger partial charge is 0.419 e. The highest BCUT2D eigenvalue weighted by atomic mass is 19.4. The van der Waals surface area contributed by atoms with Gasteiger partial charge in [0.2, 0.25) is 0 Å². The van der Waals surface area contributed by atoms with Crippen molar-refractivity contribution in [1.82, 2.24) is 0 Å². The summed E-state index contributed by atoms with van der Waals surface area (Å²) in [5, 5.41) is 8.53. The number of alkyl halides is 3. The van der Waals surface area contributed by atoms with Crippen molar-refractivity contribution < 1.29 is 27.1 Å². The van der Waals surface area contributed by atoms with E-state index >= 15 is 0 Å². The maximum atomic E-state index is 12.5. The van der Waals surface area contributed by atoms with Crippen LogP contribution in [-0.4, -0.2) is 5.11 Å². The van der Waals surface area contributed by atoms with Gasteiger partial charge < -0.3 is 5.11 Å². The van der Waals surface area contributed by atoms with Gasteiger partial charge >= 0.3 is 6.18 Å². The van der Waals surface area contributed by atoms with Crippen LogP contribution in [0, 0.1) is 11.6 Å². The summed E-state index contributed by atoms with van der Waals surface area (Å²) in [5.74, 6) is -4.56.